The number of hydrogen-bond acceptors (Lipinski definition) is 3. The van der Waals surface area contributed by atoms with Gasteiger partial charge in [-0.2, -0.15) is 5.26 Å². The van der Waals surface area contributed by atoms with Crippen LogP contribution in [0.3, 0.4) is 0 Å². The third kappa shape index (κ3) is 1.54. The van der Waals surface area contributed by atoms with Gasteiger partial charge in [0.25, 0.3) is 0 Å². The van der Waals surface area contributed by atoms with Crippen LogP contribution in [0.15, 0.2) is 48.7 Å². The van der Waals surface area contributed by atoms with E-state index in [0.29, 0.717) is 5.56 Å². The first-order valence-electron chi connectivity index (χ1n) is 5.19. The Balaban J connectivity index is 2.17. The van der Waals surface area contributed by atoms with E-state index in [-0.39, 0.29) is 0 Å². The van der Waals surface area contributed by atoms with Gasteiger partial charge in [0.1, 0.15) is 0 Å². The highest BCUT2D eigenvalue weighted by Crippen LogP contribution is 2.18. The lowest BCUT2D eigenvalue weighted by Crippen LogP contribution is -1.88. The Labute approximate surface area is 97.8 Å². The first kappa shape index (κ1) is 9.55. The third-order valence-corrected chi connectivity index (χ3v) is 2.59. The van der Waals surface area contributed by atoms with Crippen LogP contribution in [0.5, 0.6) is 0 Å². The summed E-state index contributed by atoms with van der Waals surface area (Å²) in [7, 11) is 0. The second-order valence-electron chi connectivity index (χ2n) is 3.64. The molecule has 0 aliphatic rings. The molecular weight excluding hydrogens is 212 g/mol. The van der Waals surface area contributed by atoms with E-state index in [2.05, 4.69) is 16.3 Å². The van der Waals surface area contributed by atoms with Crippen LogP contribution in [0.2, 0.25) is 0 Å². The van der Waals surface area contributed by atoms with E-state index < -0.39 is 0 Å². The number of nitrogens with zero attached hydrogens (tertiary/aromatic N) is 4. The van der Waals surface area contributed by atoms with Crippen LogP contribution in [-0.2, 0) is 0 Å². The standard InChI is InChI=1S/C13H8N4/c14-9-10-4-6-11(7-5-10)13-16-15-12-3-1-2-8-17(12)13/h1-8H. The molecule has 4 heteroatoms. The highest BCUT2D eigenvalue weighted by molar-refractivity contribution is 5.60. The predicted octanol–water partition coefficient (Wildman–Crippen LogP) is 2.27. The largest absolute Gasteiger partial charge is 0.282 e. The number of hydrogen-bond donors (Lipinski definition) is 0. The summed E-state index contributed by atoms with van der Waals surface area (Å²) in [6.45, 7) is 0. The zero-order chi connectivity index (χ0) is 11.7. The van der Waals surface area contributed by atoms with Gasteiger partial charge in [-0.15, -0.1) is 10.2 Å². The third-order valence-electron chi connectivity index (χ3n) is 2.59. The van der Waals surface area contributed by atoms with Gasteiger partial charge in [0.2, 0.25) is 0 Å². The fourth-order valence-electron chi connectivity index (χ4n) is 1.73. The van der Waals surface area contributed by atoms with E-state index in [4.69, 9.17) is 5.26 Å². The molecule has 0 radical (unpaired) electrons. The molecule has 0 spiro atoms. The molecule has 0 unspecified atom stereocenters. The van der Waals surface area contributed by atoms with Gasteiger partial charge in [-0.05, 0) is 36.4 Å². The molecule has 0 N–H and O–H groups in total. The van der Waals surface area contributed by atoms with E-state index in [9.17, 15) is 0 Å². The number of benzene rings is 1. The van der Waals surface area contributed by atoms with E-state index in [0.717, 1.165) is 17.0 Å². The number of rotatable bonds is 1. The maximum absolute atomic E-state index is 8.75. The van der Waals surface area contributed by atoms with E-state index in [1.165, 1.54) is 0 Å². The van der Waals surface area contributed by atoms with Crippen LogP contribution >= 0.6 is 0 Å². The van der Waals surface area contributed by atoms with E-state index >= 15 is 0 Å². The molecule has 3 aromatic rings. The van der Waals surface area contributed by atoms with Crippen molar-refractivity contribution in [3.63, 3.8) is 0 Å². The van der Waals surface area contributed by atoms with Gasteiger partial charge >= 0.3 is 0 Å². The number of aromatic nitrogens is 3. The average Bonchev–Trinajstić information content (AvgIpc) is 2.83. The SMILES string of the molecule is N#Cc1ccc(-c2nnc3ccccn23)cc1. The quantitative estimate of drug-likeness (QED) is 0.632. The number of fused-ring (bicyclic) bond motifs is 1. The molecule has 1 aromatic carbocycles. The molecule has 0 atom stereocenters. The molecule has 0 aliphatic carbocycles. The summed E-state index contributed by atoms with van der Waals surface area (Å²) in [6.07, 6.45) is 1.92. The fourth-order valence-corrected chi connectivity index (χ4v) is 1.73. The van der Waals surface area contributed by atoms with Gasteiger partial charge in [-0.3, -0.25) is 4.40 Å². The maximum Gasteiger partial charge on any atom is 0.168 e. The fraction of sp³-hybridized carbons (Fsp3) is 0. The Bertz CT molecular complexity index is 704. The van der Waals surface area contributed by atoms with Crippen LogP contribution in [0, 0.1) is 11.3 Å². The van der Waals surface area contributed by atoms with Gasteiger partial charge in [0, 0.05) is 11.8 Å². The summed E-state index contributed by atoms with van der Waals surface area (Å²) in [4.78, 5) is 0. The summed E-state index contributed by atoms with van der Waals surface area (Å²) in [6, 6.07) is 15.2. The van der Waals surface area contributed by atoms with Crippen LogP contribution in [0.25, 0.3) is 17.0 Å². The topological polar surface area (TPSA) is 54.0 Å². The second kappa shape index (κ2) is 3.72. The lowest BCUT2D eigenvalue weighted by atomic mass is 10.1. The van der Waals surface area contributed by atoms with Crippen molar-refractivity contribution in [3.05, 3.63) is 54.2 Å². The Hall–Kier alpha value is -2.67. The van der Waals surface area contributed by atoms with Gasteiger partial charge in [0.05, 0.1) is 11.6 Å². The molecule has 0 saturated heterocycles. The number of nitriles is 1. The molecule has 17 heavy (non-hydrogen) atoms. The van der Waals surface area contributed by atoms with Crippen LogP contribution in [-0.4, -0.2) is 14.6 Å². The first-order valence-corrected chi connectivity index (χ1v) is 5.19. The van der Waals surface area contributed by atoms with Crippen LogP contribution < -0.4 is 0 Å². The van der Waals surface area contributed by atoms with Crippen molar-refractivity contribution in [2.24, 2.45) is 0 Å². The smallest absolute Gasteiger partial charge is 0.168 e. The minimum Gasteiger partial charge on any atom is -0.282 e. The molecule has 4 nitrogen and oxygen atoms in total. The number of pyridine rings is 1. The first-order chi connectivity index (χ1) is 8.38. The van der Waals surface area contributed by atoms with Gasteiger partial charge in [-0.1, -0.05) is 6.07 Å². The summed E-state index contributed by atoms with van der Waals surface area (Å²) in [5, 5.41) is 17.0. The zero-order valence-electron chi connectivity index (χ0n) is 8.91. The molecule has 0 fully saturated rings. The van der Waals surface area contributed by atoms with Gasteiger partial charge < -0.3 is 0 Å². The van der Waals surface area contributed by atoms with Gasteiger partial charge in [0.15, 0.2) is 11.5 Å². The predicted molar refractivity (Wildman–Crippen MR) is 63.1 cm³/mol. The zero-order valence-corrected chi connectivity index (χ0v) is 8.91. The Morgan fingerprint density at radius 1 is 1.00 bits per heavy atom. The lowest BCUT2D eigenvalue weighted by molar-refractivity contribution is 1.11. The van der Waals surface area contributed by atoms with E-state index in [1.807, 2.05) is 40.9 Å². The molecule has 0 amide bonds. The van der Waals surface area contributed by atoms with E-state index in [1.54, 1.807) is 12.1 Å². The Morgan fingerprint density at radius 3 is 2.59 bits per heavy atom. The Kier molecular flexibility index (Phi) is 2.09. The van der Waals surface area contributed by atoms with Crippen molar-refractivity contribution in [3.8, 4) is 17.5 Å². The summed E-state index contributed by atoms with van der Waals surface area (Å²) < 4.78 is 1.92. The van der Waals surface area contributed by atoms with Crippen molar-refractivity contribution < 1.29 is 0 Å². The van der Waals surface area contributed by atoms with Gasteiger partial charge in [-0.25, -0.2) is 0 Å². The van der Waals surface area contributed by atoms with Crippen molar-refractivity contribution in [2.45, 2.75) is 0 Å². The van der Waals surface area contributed by atoms with Crippen LogP contribution in [0.4, 0.5) is 0 Å². The molecule has 0 aliphatic heterocycles. The highest BCUT2D eigenvalue weighted by Gasteiger charge is 2.06. The molecule has 2 aromatic heterocycles. The average molecular weight is 220 g/mol. The minimum absolute atomic E-state index is 0.641. The van der Waals surface area contributed by atoms with Crippen molar-refractivity contribution in [1.82, 2.24) is 14.6 Å². The molecule has 3 rings (SSSR count). The lowest BCUT2D eigenvalue weighted by Gasteiger charge is -1.99. The maximum atomic E-state index is 8.75. The Morgan fingerprint density at radius 2 is 1.82 bits per heavy atom. The van der Waals surface area contributed by atoms with Crippen LogP contribution in [0.1, 0.15) is 5.56 Å². The second-order valence-corrected chi connectivity index (χ2v) is 3.64. The monoisotopic (exact) mass is 220 g/mol. The summed E-state index contributed by atoms with van der Waals surface area (Å²) >= 11 is 0. The summed E-state index contributed by atoms with van der Waals surface area (Å²) in [5.41, 5.74) is 2.40. The molecule has 0 bridgehead atoms. The summed E-state index contributed by atoms with van der Waals surface area (Å²) in [5.74, 6) is 0.782. The van der Waals surface area contributed by atoms with Crippen molar-refractivity contribution in [1.29, 1.82) is 5.26 Å². The minimum atomic E-state index is 0.641. The van der Waals surface area contributed by atoms with Crippen molar-refractivity contribution in [2.75, 3.05) is 0 Å². The molecule has 2 heterocycles. The highest BCUT2D eigenvalue weighted by atomic mass is 15.2. The molecule has 80 valence electrons. The molecule has 0 saturated carbocycles. The molecular formula is C13H8N4. The normalized spacial score (nSPS) is 10.3. The van der Waals surface area contributed by atoms with Crippen molar-refractivity contribution >= 4 is 5.65 Å².